The fourth-order valence-corrected chi connectivity index (χ4v) is 3.32. The first kappa shape index (κ1) is 13.4. The topological polar surface area (TPSA) is 21.3 Å². The molecule has 2 rings (SSSR count). The molecular formula is C15H29NO. The summed E-state index contributed by atoms with van der Waals surface area (Å²) in [4.78, 5) is 0. The molecule has 1 saturated heterocycles. The van der Waals surface area contributed by atoms with E-state index in [9.17, 15) is 0 Å². The van der Waals surface area contributed by atoms with Crippen molar-refractivity contribution in [1.29, 1.82) is 0 Å². The minimum atomic E-state index is 0.767. The molecule has 0 radical (unpaired) electrons. The van der Waals surface area contributed by atoms with Gasteiger partial charge in [0.2, 0.25) is 0 Å². The van der Waals surface area contributed by atoms with Crippen LogP contribution in [0.15, 0.2) is 0 Å². The van der Waals surface area contributed by atoms with Crippen molar-refractivity contribution in [3.8, 4) is 0 Å². The van der Waals surface area contributed by atoms with Crippen LogP contribution in [0.2, 0.25) is 0 Å². The van der Waals surface area contributed by atoms with Gasteiger partial charge in [0, 0.05) is 19.2 Å². The van der Waals surface area contributed by atoms with Crippen LogP contribution in [0.1, 0.15) is 52.4 Å². The minimum Gasteiger partial charge on any atom is -0.381 e. The number of ether oxygens (including phenoxy) is 1. The third-order valence-corrected chi connectivity index (χ3v) is 4.61. The van der Waals surface area contributed by atoms with Crippen LogP contribution in [0.4, 0.5) is 0 Å². The molecule has 1 aliphatic heterocycles. The number of rotatable bonds is 4. The molecule has 17 heavy (non-hydrogen) atoms. The Morgan fingerprint density at radius 3 is 2.76 bits per heavy atom. The molecule has 1 aliphatic carbocycles. The van der Waals surface area contributed by atoms with E-state index >= 15 is 0 Å². The van der Waals surface area contributed by atoms with E-state index in [2.05, 4.69) is 19.2 Å². The zero-order chi connectivity index (χ0) is 12.1. The molecule has 3 atom stereocenters. The van der Waals surface area contributed by atoms with Gasteiger partial charge < -0.3 is 10.1 Å². The largest absolute Gasteiger partial charge is 0.381 e. The summed E-state index contributed by atoms with van der Waals surface area (Å²) in [6, 6.07) is 0.776. The quantitative estimate of drug-likeness (QED) is 0.813. The van der Waals surface area contributed by atoms with Gasteiger partial charge in [0.1, 0.15) is 0 Å². The van der Waals surface area contributed by atoms with E-state index in [0.717, 1.165) is 37.0 Å². The monoisotopic (exact) mass is 239 g/mol. The highest BCUT2D eigenvalue weighted by Crippen LogP contribution is 2.30. The van der Waals surface area contributed by atoms with Crippen molar-refractivity contribution in [3.05, 3.63) is 0 Å². The van der Waals surface area contributed by atoms with Gasteiger partial charge in [0.25, 0.3) is 0 Å². The standard InChI is InChI=1S/C15H29NO/c1-12(2)14-6-3-7-15(9-14)16-10-13-5-4-8-17-11-13/h12-16H,3-11H2,1-2H3. The van der Waals surface area contributed by atoms with Gasteiger partial charge in [-0.15, -0.1) is 0 Å². The summed E-state index contributed by atoms with van der Waals surface area (Å²) < 4.78 is 5.54. The Labute approximate surface area is 107 Å². The Morgan fingerprint density at radius 1 is 1.18 bits per heavy atom. The molecule has 2 nitrogen and oxygen atoms in total. The van der Waals surface area contributed by atoms with E-state index in [1.807, 2.05) is 0 Å². The zero-order valence-electron chi connectivity index (χ0n) is 11.6. The molecule has 1 saturated carbocycles. The highest BCUT2D eigenvalue weighted by Gasteiger charge is 2.24. The first-order valence-corrected chi connectivity index (χ1v) is 7.57. The van der Waals surface area contributed by atoms with Crippen LogP contribution in [0.5, 0.6) is 0 Å². The van der Waals surface area contributed by atoms with E-state index in [1.54, 1.807) is 0 Å². The lowest BCUT2D eigenvalue weighted by Gasteiger charge is -2.33. The van der Waals surface area contributed by atoms with E-state index in [0.29, 0.717) is 0 Å². The van der Waals surface area contributed by atoms with Crippen LogP contribution in [0.25, 0.3) is 0 Å². The molecule has 2 heteroatoms. The second-order valence-corrected chi connectivity index (χ2v) is 6.36. The van der Waals surface area contributed by atoms with Gasteiger partial charge >= 0.3 is 0 Å². The van der Waals surface area contributed by atoms with Crippen molar-refractivity contribution in [2.75, 3.05) is 19.8 Å². The van der Waals surface area contributed by atoms with Crippen LogP contribution in [-0.2, 0) is 4.74 Å². The summed E-state index contributed by atoms with van der Waals surface area (Å²) in [7, 11) is 0. The molecule has 0 aromatic heterocycles. The lowest BCUT2D eigenvalue weighted by Crippen LogP contribution is -2.39. The van der Waals surface area contributed by atoms with Gasteiger partial charge in [0.15, 0.2) is 0 Å². The predicted octanol–water partition coefficient (Wildman–Crippen LogP) is 3.22. The molecule has 1 N–H and O–H groups in total. The van der Waals surface area contributed by atoms with Gasteiger partial charge in [-0.1, -0.05) is 26.7 Å². The van der Waals surface area contributed by atoms with Crippen molar-refractivity contribution >= 4 is 0 Å². The van der Waals surface area contributed by atoms with Gasteiger partial charge in [-0.2, -0.15) is 0 Å². The highest BCUT2D eigenvalue weighted by atomic mass is 16.5. The Balaban J connectivity index is 1.67. The van der Waals surface area contributed by atoms with Crippen molar-refractivity contribution in [2.45, 2.75) is 58.4 Å². The summed E-state index contributed by atoms with van der Waals surface area (Å²) in [5.41, 5.74) is 0. The molecule has 0 spiro atoms. The maximum atomic E-state index is 5.54. The second kappa shape index (κ2) is 6.75. The lowest BCUT2D eigenvalue weighted by molar-refractivity contribution is 0.0525. The number of nitrogens with one attached hydrogen (secondary N) is 1. The van der Waals surface area contributed by atoms with E-state index < -0.39 is 0 Å². The van der Waals surface area contributed by atoms with Crippen molar-refractivity contribution < 1.29 is 4.74 Å². The average molecular weight is 239 g/mol. The van der Waals surface area contributed by atoms with E-state index in [-0.39, 0.29) is 0 Å². The van der Waals surface area contributed by atoms with Crippen LogP contribution in [0.3, 0.4) is 0 Å². The van der Waals surface area contributed by atoms with Crippen molar-refractivity contribution in [3.63, 3.8) is 0 Å². The summed E-state index contributed by atoms with van der Waals surface area (Å²) in [6.45, 7) is 7.89. The molecule has 3 unspecified atom stereocenters. The van der Waals surface area contributed by atoms with E-state index in [1.165, 1.54) is 45.1 Å². The van der Waals surface area contributed by atoms with Crippen LogP contribution < -0.4 is 5.32 Å². The van der Waals surface area contributed by atoms with Crippen molar-refractivity contribution in [2.24, 2.45) is 17.8 Å². The van der Waals surface area contributed by atoms with Crippen LogP contribution in [0, 0.1) is 17.8 Å². The maximum absolute atomic E-state index is 5.54. The smallest absolute Gasteiger partial charge is 0.0506 e. The minimum absolute atomic E-state index is 0.767. The van der Waals surface area contributed by atoms with Crippen LogP contribution >= 0.6 is 0 Å². The molecule has 0 amide bonds. The van der Waals surface area contributed by atoms with Crippen LogP contribution in [-0.4, -0.2) is 25.8 Å². The molecule has 0 aromatic rings. The van der Waals surface area contributed by atoms with E-state index in [4.69, 9.17) is 4.74 Å². The van der Waals surface area contributed by atoms with Gasteiger partial charge in [-0.3, -0.25) is 0 Å². The maximum Gasteiger partial charge on any atom is 0.0506 e. The molecule has 1 heterocycles. The van der Waals surface area contributed by atoms with Crippen molar-refractivity contribution in [1.82, 2.24) is 5.32 Å². The molecule has 2 aliphatic rings. The van der Waals surface area contributed by atoms with Gasteiger partial charge in [-0.25, -0.2) is 0 Å². The Hall–Kier alpha value is -0.0800. The lowest BCUT2D eigenvalue weighted by atomic mass is 9.79. The predicted molar refractivity (Wildman–Crippen MR) is 72.1 cm³/mol. The third-order valence-electron chi connectivity index (χ3n) is 4.61. The molecular weight excluding hydrogens is 210 g/mol. The molecule has 0 bridgehead atoms. The first-order chi connectivity index (χ1) is 8.25. The third kappa shape index (κ3) is 4.26. The molecule has 100 valence electrons. The SMILES string of the molecule is CC(C)C1CCCC(NCC2CCCOC2)C1. The fourth-order valence-electron chi connectivity index (χ4n) is 3.32. The summed E-state index contributed by atoms with van der Waals surface area (Å²) in [5, 5.41) is 3.80. The Morgan fingerprint density at radius 2 is 2.06 bits per heavy atom. The van der Waals surface area contributed by atoms with Gasteiger partial charge in [-0.05, 0) is 43.4 Å². The Kier molecular flexibility index (Phi) is 5.30. The second-order valence-electron chi connectivity index (χ2n) is 6.36. The number of hydrogen-bond acceptors (Lipinski definition) is 2. The zero-order valence-corrected chi connectivity index (χ0v) is 11.6. The number of hydrogen-bond donors (Lipinski definition) is 1. The highest BCUT2D eigenvalue weighted by molar-refractivity contribution is 4.80. The summed E-state index contributed by atoms with van der Waals surface area (Å²) >= 11 is 0. The summed E-state index contributed by atoms with van der Waals surface area (Å²) in [6.07, 6.45) is 8.26. The first-order valence-electron chi connectivity index (χ1n) is 7.57. The molecule has 2 fully saturated rings. The van der Waals surface area contributed by atoms with Gasteiger partial charge in [0.05, 0.1) is 6.61 Å². The average Bonchev–Trinajstić information content (AvgIpc) is 2.38. The molecule has 0 aromatic carbocycles. The Bertz CT molecular complexity index is 211. The summed E-state index contributed by atoms with van der Waals surface area (Å²) in [5.74, 6) is 2.57. The fraction of sp³-hybridized carbons (Fsp3) is 1.00. The normalized spacial score (nSPS) is 35.1.